The van der Waals surface area contributed by atoms with Crippen molar-refractivity contribution in [3.8, 4) is 5.75 Å². The lowest BCUT2D eigenvalue weighted by atomic mass is 9.48. The lowest BCUT2D eigenvalue weighted by molar-refractivity contribution is -0.0871. The molecule has 1 unspecified atom stereocenters. The van der Waals surface area contributed by atoms with Crippen LogP contribution in [0, 0.1) is 23.7 Å². The molecule has 2 fully saturated rings. The maximum Gasteiger partial charge on any atom is 0.122 e. The molecule has 2 aliphatic rings. The molecule has 0 aliphatic heterocycles. The van der Waals surface area contributed by atoms with Crippen LogP contribution in [0.4, 0.5) is 0 Å². The van der Waals surface area contributed by atoms with Crippen LogP contribution in [0.2, 0.25) is 0 Å². The van der Waals surface area contributed by atoms with Gasteiger partial charge in [0.2, 0.25) is 0 Å². The number of aryl methyl sites for hydroxylation is 1. The van der Waals surface area contributed by atoms with Crippen LogP contribution in [0.1, 0.15) is 64.4 Å². The Morgan fingerprint density at radius 2 is 1.76 bits per heavy atom. The Morgan fingerprint density at radius 3 is 2.57 bits per heavy atom. The molecular formula is C20H30O. The van der Waals surface area contributed by atoms with Gasteiger partial charge in [0.25, 0.3) is 0 Å². The first kappa shape index (κ1) is 14.9. The van der Waals surface area contributed by atoms with Crippen LogP contribution >= 0.6 is 0 Å². The minimum atomic E-state index is 0.478. The molecule has 21 heavy (non-hydrogen) atoms. The van der Waals surface area contributed by atoms with Crippen molar-refractivity contribution in [2.75, 3.05) is 6.61 Å². The molecule has 0 aromatic heterocycles. The monoisotopic (exact) mass is 286 g/mol. The highest BCUT2D eigenvalue weighted by Crippen LogP contribution is 2.60. The summed E-state index contributed by atoms with van der Waals surface area (Å²) in [6.07, 6.45) is 9.80. The predicted octanol–water partition coefficient (Wildman–Crippen LogP) is 5.76. The number of ether oxygens (including phenoxy) is 1. The fourth-order valence-corrected chi connectivity index (χ4v) is 4.94. The van der Waals surface area contributed by atoms with Crippen molar-refractivity contribution in [2.45, 2.75) is 65.7 Å². The Labute approximate surface area is 130 Å². The van der Waals surface area contributed by atoms with Gasteiger partial charge in [0.1, 0.15) is 5.75 Å². The minimum Gasteiger partial charge on any atom is -0.493 e. The SMILES string of the molecule is Cc1ccccc1OCC1CCC[C@@]2(C)CCCC[C@@]12C. The van der Waals surface area contributed by atoms with Crippen LogP contribution in [-0.2, 0) is 0 Å². The summed E-state index contributed by atoms with van der Waals surface area (Å²) in [6, 6.07) is 8.42. The van der Waals surface area contributed by atoms with E-state index < -0.39 is 0 Å². The first-order valence-electron chi connectivity index (χ1n) is 8.74. The second-order valence-electron chi connectivity index (χ2n) is 7.85. The summed E-state index contributed by atoms with van der Waals surface area (Å²) < 4.78 is 6.24. The van der Waals surface area contributed by atoms with Crippen molar-refractivity contribution in [1.82, 2.24) is 0 Å². The van der Waals surface area contributed by atoms with Gasteiger partial charge in [0.05, 0.1) is 6.61 Å². The van der Waals surface area contributed by atoms with Gasteiger partial charge in [-0.25, -0.2) is 0 Å². The summed E-state index contributed by atoms with van der Waals surface area (Å²) in [5.74, 6) is 1.79. The molecule has 0 spiro atoms. The van der Waals surface area contributed by atoms with Crippen LogP contribution in [0.5, 0.6) is 5.75 Å². The molecule has 0 N–H and O–H groups in total. The van der Waals surface area contributed by atoms with E-state index >= 15 is 0 Å². The zero-order chi connectivity index (χ0) is 14.9. The molecule has 1 nitrogen and oxygen atoms in total. The topological polar surface area (TPSA) is 9.23 Å². The van der Waals surface area contributed by atoms with Gasteiger partial charge in [-0.1, -0.05) is 51.3 Å². The number of hydrogen-bond acceptors (Lipinski definition) is 1. The van der Waals surface area contributed by atoms with Crippen LogP contribution in [0.25, 0.3) is 0 Å². The van der Waals surface area contributed by atoms with E-state index in [9.17, 15) is 0 Å². The smallest absolute Gasteiger partial charge is 0.122 e. The third-order valence-corrected chi connectivity index (χ3v) is 6.77. The van der Waals surface area contributed by atoms with E-state index in [1.165, 1.54) is 50.5 Å². The summed E-state index contributed by atoms with van der Waals surface area (Å²) in [4.78, 5) is 0. The van der Waals surface area contributed by atoms with E-state index in [1.54, 1.807) is 0 Å². The quantitative estimate of drug-likeness (QED) is 0.686. The molecule has 1 heteroatoms. The maximum absolute atomic E-state index is 6.24. The van der Waals surface area contributed by atoms with Gasteiger partial charge in [-0.05, 0) is 61.0 Å². The Hall–Kier alpha value is -0.980. The highest BCUT2D eigenvalue weighted by Gasteiger charge is 2.52. The Bertz CT molecular complexity index is 490. The lowest BCUT2D eigenvalue weighted by Crippen LogP contribution is -2.50. The van der Waals surface area contributed by atoms with E-state index in [1.807, 2.05) is 0 Å². The van der Waals surface area contributed by atoms with Crippen molar-refractivity contribution >= 4 is 0 Å². The van der Waals surface area contributed by atoms with Crippen LogP contribution in [-0.4, -0.2) is 6.61 Å². The molecule has 116 valence electrons. The first-order chi connectivity index (χ1) is 10.1. The number of fused-ring (bicyclic) bond motifs is 1. The fraction of sp³-hybridized carbons (Fsp3) is 0.700. The van der Waals surface area contributed by atoms with Crippen molar-refractivity contribution in [3.63, 3.8) is 0 Å². The van der Waals surface area contributed by atoms with E-state index in [0.29, 0.717) is 10.8 Å². The summed E-state index contributed by atoms with van der Waals surface area (Å²) >= 11 is 0. The summed E-state index contributed by atoms with van der Waals surface area (Å²) in [5, 5.41) is 0. The largest absolute Gasteiger partial charge is 0.493 e. The van der Waals surface area contributed by atoms with Gasteiger partial charge in [-0.3, -0.25) is 0 Å². The van der Waals surface area contributed by atoms with Gasteiger partial charge in [0, 0.05) is 0 Å². The van der Waals surface area contributed by atoms with Crippen LogP contribution < -0.4 is 4.74 Å². The number of hydrogen-bond donors (Lipinski definition) is 0. The van der Waals surface area contributed by atoms with Crippen molar-refractivity contribution in [1.29, 1.82) is 0 Å². The molecule has 0 heterocycles. The summed E-state index contributed by atoms with van der Waals surface area (Å²) in [6.45, 7) is 8.14. The molecular weight excluding hydrogens is 256 g/mol. The molecule has 2 aliphatic carbocycles. The van der Waals surface area contributed by atoms with Gasteiger partial charge in [-0.2, -0.15) is 0 Å². The zero-order valence-corrected chi connectivity index (χ0v) is 14.0. The molecule has 1 aromatic carbocycles. The average molecular weight is 286 g/mol. The van der Waals surface area contributed by atoms with E-state index in [2.05, 4.69) is 45.0 Å². The highest BCUT2D eigenvalue weighted by atomic mass is 16.5. The van der Waals surface area contributed by atoms with E-state index in [0.717, 1.165) is 18.3 Å². The molecule has 0 radical (unpaired) electrons. The Morgan fingerprint density at radius 1 is 1.05 bits per heavy atom. The minimum absolute atomic E-state index is 0.478. The predicted molar refractivity (Wildman–Crippen MR) is 88.7 cm³/mol. The van der Waals surface area contributed by atoms with Crippen LogP contribution in [0.3, 0.4) is 0 Å². The van der Waals surface area contributed by atoms with Gasteiger partial charge in [0.15, 0.2) is 0 Å². The second kappa shape index (κ2) is 5.66. The summed E-state index contributed by atoms with van der Waals surface area (Å²) in [7, 11) is 0. The third kappa shape index (κ3) is 2.60. The average Bonchev–Trinajstić information content (AvgIpc) is 2.47. The summed E-state index contributed by atoms with van der Waals surface area (Å²) in [5.41, 5.74) is 2.28. The molecule has 2 saturated carbocycles. The highest BCUT2D eigenvalue weighted by molar-refractivity contribution is 5.31. The van der Waals surface area contributed by atoms with Gasteiger partial charge in [-0.15, -0.1) is 0 Å². The maximum atomic E-state index is 6.24. The zero-order valence-electron chi connectivity index (χ0n) is 14.0. The first-order valence-corrected chi connectivity index (χ1v) is 8.74. The number of benzene rings is 1. The van der Waals surface area contributed by atoms with Crippen molar-refractivity contribution in [3.05, 3.63) is 29.8 Å². The Kier molecular flexibility index (Phi) is 4.03. The lowest BCUT2D eigenvalue weighted by Gasteiger charge is -2.57. The number of para-hydroxylation sites is 1. The molecule has 3 atom stereocenters. The molecule has 0 bridgehead atoms. The Balaban J connectivity index is 1.74. The molecule has 3 rings (SSSR count). The van der Waals surface area contributed by atoms with Gasteiger partial charge >= 0.3 is 0 Å². The van der Waals surface area contributed by atoms with Gasteiger partial charge < -0.3 is 4.74 Å². The second-order valence-corrected chi connectivity index (χ2v) is 7.85. The normalized spacial score (nSPS) is 36.0. The van der Waals surface area contributed by atoms with Crippen LogP contribution in [0.15, 0.2) is 24.3 Å². The standard InChI is InChI=1S/C20H30O/c1-16-9-4-5-11-18(16)21-15-17-10-8-13-19(2)12-6-7-14-20(17,19)3/h4-5,9,11,17H,6-8,10,12-15H2,1-3H3/t17?,19-,20+/m1/s1. The fourth-order valence-electron chi connectivity index (χ4n) is 4.94. The van der Waals surface area contributed by atoms with E-state index in [4.69, 9.17) is 4.74 Å². The van der Waals surface area contributed by atoms with Crippen molar-refractivity contribution in [2.24, 2.45) is 16.7 Å². The molecule has 0 amide bonds. The molecule has 1 aromatic rings. The van der Waals surface area contributed by atoms with Crippen molar-refractivity contribution < 1.29 is 4.74 Å². The third-order valence-electron chi connectivity index (χ3n) is 6.77. The van der Waals surface area contributed by atoms with E-state index in [-0.39, 0.29) is 0 Å². The molecule has 0 saturated heterocycles. The number of rotatable bonds is 3.